The second kappa shape index (κ2) is 3.62. The first-order valence-electron chi connectivity index (χ1n) is 5.21. The molecule has 0 aliphatic carbocycles. The molecule has 1 aliphatic rings. The van der Waals surface area contributed by atoms with Crippen LogP contribution in [0.4, 0.5) is 0 Å². The molecular formula is C12H17NO. The van der Waals surface area contributed by atoms with Gasteiger partial charge in [-0.05, 0) is 49.0 Å². The Hall–Kier alpha value is -1.02. The first-order valence-corrected chi connectivity index (χ1v) is 5.21. The molecule has 14 heavy (non-hydrogen) atoms. The standard InChI is InChI=1S/C12H17NO/c1-12(5-7-13-8-6-12)10-3-2-4-11(14)9-10/h2-4,9,13-14H,5-8H2,1H3. The predicted molar refractivity (Wildman–Crippen MR) is 57.6 cm³/mol. The molecule has 0 amide bonds. The number of aromatic hydroxyl groups is 1. The molecule has 0 unspecified atom stereocenters. The van der Waals surface area contributed by atoms with Crippen molar-refractivity contribution in [1.82, 2.24) is 5.32 Å². The van der Waals surface area contributed by atoms with Gasteiger partial charge in [-0.1, -0.05) is 19.1 Å². The van der Waals surface area contributed by atoms with Crippen LogP contribution in [0, 0.1) is 0 Å². The molecule has 1 aliphatic heterocycles. The number of phenolic OH excluding ortho intramolecular Hbond substituents is 1. The summed E-state index contributed by atoms with van der Waals surface area (Å²) < 4.78 is 0. The van der Waals surface area contributed by atoms with E-state index in [0.717, 1.165) is 25.9 Å². The smallest absolute Gasteiger partial charge is 0.115 e. The average Bonchev–Trinajstić information content (AvgIpc) is 2.19. The Labute approximate surface area is 85.0 Å². The van der Waals surface area contributed by atoms with Gasteiger partial charge in [0.1, 0.15) is 5.75 Å². The first kappa shape index (κ1) is 9.53. The fourth-order valence-electron chi connectivity index (χ4n) is 2.15. The van der Waals surface area contributed by atoms with Crippen molar-refractivity contribution in [2.75, 3.05) is 13.1 Å². The SMILES string of the molecule is CC1(c2cccc(O)c2)CCNCC1. The Kier molecular flexibility index (Phi) is 2.46. The van der Waals surface area contributed by atoms with E-state index < -0.39 is 0 Å². The first-order chi connectivity index (χ1) is 6.71. The molecule has 1 saturated heterocycles. The van der Waals surface area contributed by atoms with Gasteiger partial charge < -0.3 is 10.4 Å². The summed E-state index contributed by atoms with van der Waals surface area (Å²) in [5.74, 6) is 0.377. The maximum absolute atomic E-state index is 9.44. The van der Waals surface area contributed by atoms with E-state index in [1.165, 1.54) is 5.56 Å². The maximum atomic E-state index is 9.44. The molecule has 1 heterocycles. The molecule has 1 fully saturated rings. The summed E-state index contributed by atoms with van der Waals surface area (Å²) in [7, 11) is 0. The van der Waals surface area contributed by atoms with Gasteiger partial charge in [0.25, 0.3) is 0 Å². The molecule has 0 saturated carbocycles. The highest BCUT2D eigenvalue weighted by molar-refractivity contribution is 5.33. The predicted octanol–water partition coefficient (Wildman–Crippen LogP) is 2.03. The van der Waals surface area contributed by atoms with Gasteiger partial charge in [0.05, 0.1) is 0 Å². The van der Waals surface area contributed by atoms with Crippen molar-refractivity contribution in [3.63, 3.8) is 0 Å². The molecule has 0 atom stereocenters. The maximum Gasteiger partial charge on any atom is 0.115 e. The number of rotatable bonds is 1. The van der Waals surface area contributed by atoms with Gasteiger partial charge in [-0.15, -0.1) is 0 Å². The third-order valence-corrected chi connectivity index (χ3v) is 3.25. The minimum Gasteiger partial charge on any atom is -0.508 e. The van der Waals surface area contributed by atoms with Crippen molar-refractivity contribution in [1.29, 1.82) is 0 Å². The van der Waals surface area contributed by atoms with Crippen LogP contribution in [0.1, 0.15) is 25.3 Å². The zero-order valence-electron chi connectivity index (χ0n) is 8.59. The summed E-state index contributed by atoms with van der Waals surface area (Å²) in [5.41, 5.74) is 1.50. The Bertz CT molecular complexity index is 316. The molecule has 2 nitrogen and oxygen atoms in total. The Balaban J connectivity index is 2.28. The lowest BCUT2D eigenvalue weighted by molar-refractivity contribution is 0.334. The van der Waals surface area contributed by atoms with Crippen LogP contribution < -0.4 is 5.32 Å². The Morgan fingerprint density at radius 3 is 2.64 bits per heavy atom. The summed E-state index contributed by atoms with van der Waals surface area (Å²) in [6.07, 6.45) is 2.30. The van der Waals surface area contributed by atoms with E-state index >= 15 is 0 Å². The van der Waals surface area contributed by atoms with E-state index in [1.54, 1.807) is 6.07 Å². The van der Waals surface area contributed by atoms with Crippen LogP contribution in [0.25, 0.3) is 0 Å². The van der Waals surface area contributed by atoms with Crippen molar-refractivity contribution >= 4 is 0 Å². The summed E-state index contributed by atoms with van der Waals surface area (Å²) in [5, 5.41) is 12.8. The molecule has 0 spiro atoms. The van der Waals surface area contributed by atoms with Crippen molar-refractivity contribution in [3.8, 4) is 5.75 Å². The van der Waals surface area contributed by atoms with Crippen LogP contribution in [0.2, 0.25) is 0 Å². The summed E-state index contributed by atoms with van der Waals surface area (Å²) >= 11 is 0. The van der Waals surface area contributed by atoms with Crippen LogP contribution in [-0.2, 0) is 5.41 Å². The normalized spacial score (nSPS) is 20.6. The molecule has 0 radical (unpaired) electrons. The van der Waals surface area contributed by atoms with Gasteiger partial charge in [0.2, 0.25) is 0 Å². The Morgan fingerprint density at radius 1 is 1.29 bits per heavy atom. The molecular weight excluding hydrogens is 174 g/mol. The van der Waals surface area contributed by atoms with Gasteiger partial charge >= 0.3 is 0 Å². The minimum absolute atomic E-state index is 0.240. The van der Waals surface area contributed by atoms with Crippen LogP contribution in [-0.4, -0.2) is 18.2 Å². The summed E-state index contributed by atoms with van der Waals surface area (Å²) in [6.45, 7) is 4.43. The number of hydrogen-bond acceptors (Lipinski definition) is 2. The summed E-state index contributed by atoms with van der Waals surface area (Å²) in [6, 6.07) is 7.67. The number of benzene rings is 1. The number of hydrogen-bond donors (Lipinski definition) is 2. The fraction of sp³-hybridized carbons (Fsp3) is 0.500. The number of phenols is 1. The largest absolute Gasteiger partial charge is 0.508 e. The molecule has 0 aromatic heterocycles. The number of nitrogens with one attached hydrogen (secondary N) is 1. The van der Waals surface area contributed by atoms with E-state index in [0.29, 0.717) is 5.75 Å². The van der Waals surface area contributed by atoms with E-state index in [9.17, 15) is 5.11 Å². The molecule has 2 rings (SSSR count). The van der Waals surface area contributed by atoms with Crippen LogP contribution in [0.15, 0.2) is 24.3 Å². The minimum atomic E-state index is 0.240. The summed E-state index contributed by atoms with van der Waals surface area (Å²) in [4.78, 5) is 0. The highest BCUT2D eigenvalue weighted by Crippen LogP contribution is 2.33. The number of piperidine rings is 1. The van der Waals surface area contributed by atoms with Crippen LogP contribution in [0.3, 0.4) is 0 Å². The fourth-order valence-corrected chi connectivity index (χ4v) is 2.15. The zero-order chi connectivity index (χ0) is 10.0. The topological polar surface area (TPSA) is 32.3 Å². The van der Waals surface area contributed by atoms with Crippen molar-refractivity contribution in [3.05, 3.63) is 29.8 Å². The molecule has 2 N–H and O–H groups in total. The van der Waals surface area contributed by atoms with Gasteiger partial charge in [-0.3, -0.25) is 0 Å². The highest BCUT2D eigenvalue weighted by atomic mass is 16.3. The molecule has 0 bridgehead atoms. The lowest BCUT2D eigenvalue weighted by Gasteiger charge is -2.34. The second-order valence-electron chi connectivity index (χ2n) is 4.36. The lowest BCUT2D eigenvalue weighted by Crippen LogP contribution is -2.37. The monoisotopic (exact) mass is 191 g/mol. The van der Waals surface area contributed by atoms with Gasteiger partial charge in [-0.2, -0.15) is 0 Å². The van der Waals surface area contributed by atoms with Crippen molar-refractivity contribution < 1.29 is 5.11 Å². The molecule has 1 aromatic rings. The van der Waals surface area contributed by atoms with E-state index in [4.69, 9.17) is 0 Å². The van der Waals surface area contributed by atoms with Crippen molar-refractivity contribution in [2.24, 2.45) is 0 Å². The van der Waals surface area contributed by atoms with Gasteiger partial charge in [0.15, 0.2) is 0 Å². The third kappa shape index (κ3) is 1.75. The third-order valence-electron chi connectivity index (χ3n) is 3.25. The highest BCUT2D eigenvalue weighted by Gasteiger charge is 2.28. The van der Waals surface area contributed by atoms with Crippen LogP contribution >= 0.6 is 0 Å². The lowest BCUT2D eigenvalue weighted by atomic mass is 9.75. The van der Waals surface area contributed by atoms with Crippen molar-refractivity contribution in [2.45, 2.75) is 25.2 Å². The molecule has 2 heteroatoms. The average molecular weight is 191 g/mol. The van der Waals surface area contributed by atoms with E-state index in [1.807, 2.05) is 12.1 Å². The molecule has 1 aromatic carbocycles. The second-order valence-corrected chi connectivity index (χ2v) is 4.36. The van der Waals surface area contributed by atoms with Gasteiger partial charge in [-0.25, -0.2) is 0 Å². The van der Waals surface area contributed by atoms with E-state index in [2.05, 4.69) is 18.3 Å². The zero-order valence-corrected chi connectivity index (χ0v) is 8.59. The van der Waals surface area contributed by atoms with Crippen LogP contribution in [0.5, 0.6) is 5.75 Å². The quantitative estimate of drug-likeness (QED) is 0.712. The molecule has 76 valence electrons. The van der Waals surface area contributed by atoms with E-state index in [-0.39, 0.29) is 5.41 Å². The van der Waals surface area contributed by atoms with Gasteiger partial charge in [0, 0.05) is 0 Å². The Morgan fingerprint density at radius 2 is 2.00 bits per heavy atom.